The molecule has 0 saturated carbocycles. The molecule has 1 saturated heterocycles. The number of pyridine rings is 2. The molecule has 0 spiro atoms. The first kappa shape index (κ1) is 24.8. The third kappa shape index (κ3) is 4.65. The van der Waals surface area contributed by atoms with Crippen molar-refractivity contribution in [1.29, 1.82) is 10.5 Å². The fraction of sp³-hybridized carbons (Fsp3) is 0.214. The molecule has 2 aromatic carbocycles. The number of hydrogen-bond donors (Lipinski definition) is 0. The van der Waals surface area contributed by atoms with E-state index in [1.165, 1.54) is 4.57 Å². The molecule has 3 heterocycles. The second-order valence-corrected chi connectivity index (χ2v) is 9.78. The Morgan fingerprint density at radius 3 is 1.92 bits per heavy atom. The highest BCUT2D eigenvalue weighted by Gasteiger charge is 2.30. The van der Waals surface area contributed by atoms with Gasteiger partial charge in [0.1, 0.15) is 28.9 Å². The summed E-state index contributed by atoms with van der Waals surface area (Å²) in [5.41, 5.74) is 3.68. The molecule has 0 radical (unpaired) electrons. The fourth-order valence-electron chi connectivity index (χ4n) is 4.97. The van der Waals surface area contributed by atoms with Crippen molar-refractivity contribution in [3.63, 3.8) is 0 Å². The van der Waals surface area contributed by atoms with Crippen LogP contribution < -0.4 is 10.5 Å². The van der Waals surface area contributed by atoms with E-state index in [0.29, 0.717) is 52.9 Å². The molecule has 0 atom stereocenters. The van der Waals surface area contributed by atoms with Gasteiger partial charge in [-0.15, -0.1) is 0 Å². The predicted molar refractivity (Wildman–Crippen MR) is 145 cm³/mol. The van der Waals surface area contributed by atoms with Crippen molar-refractivity contribution in [2.45, 2.75) is 6.04 Å². The van der Waals surface area contributed by atoms with Gasteiger partial charge in [0, 0.05) is 43.3 Å². The van der Waals surface area contributed by atoms with Gasteiger partial charge in [0.25, 0.3) is 5.56 Å². The smallest absolute Gasteiger partial charge is 0.270 e. The van der Waals surface area contributed by atoms with Crippen molar-refractivity contribution in [1.82, 2.24) is 14.5 Å². The molecule has 2 aromatic heterocycles. The maximum Gasteiger partial charge on any atom is 0.270 e. The van der Waals surface area contributed by atoms with Gasteiger partial charge in [-0.1, -0.05) is 47.5 Å². The van der Waals surface area contributed by atoms with Gasteiger partial charge in [-0.25, -0.2) is 4.98 Å². The van der Waals surface area contributed by atoms with E-state index >= 15 is 0 Å². The molecule has 1 aliphatic rings. The molecule has 37 heavy (non-hydrogen) atoms. The summed E-state index contributed by atoms with van der Waals surface area (Å²) in [6, 6.07) is 23.1. The van der Waals surface area contributed by atoms with Gasteiger partial charge in [0.2, 0.25) is 0 Å². The van der Waals surface area contributed by atoms with E-state index in [2.05, 4.69) is 22.0 Å². The van der Waals surface area contributed by atoms with Gasteiger partial charge in [0.05, 0.1) is 17.2 Å². The zero-order valence-electron chi connectivity index (χ0n) is 20.0. The standard InChI is InChI=1S/C28H22Cl2N6O/c1-34-24-11-10-22(16-31)33-25(24)27(23(17-32)28(34)37)36-14-12-35(13-15-36)26(18-2-6-20(29)7-3-18)19-4-8-21(30)9-5-19/h2-11,26H,12-15H2,1H3. The Morgan fingerprint density at radius 1 is 0.838 bits per heavy atom. The minimum Gasteiger partial charge on any atom is -0.366 e. The van der Waals surface area contributed by atoms with Gasteiger partial charge in [-0.3, -0.25) is 9.69 Å². The van der Waals surface area contributed by atoms with Crippen molar-refractivity contribution in [2.24, 2.45) is 7.05 Å². The van der Waals surface area contributed by atoms with Crippen LogP contribution in [0.15, 0.2) is 65.5 Å². The molecule has 0 aliphatic carbocycles. The zero-order valence-corrected chi connectivity index (χ0v) is 21.5. The van der Waals surface area contributed by atoms with Crippen LogP contribution in [0, 0.1) is 22.7 Å². The number of benzene rings is 2. The lowest BCUT2D eigenvalue weighted by Gasteiger charge is -2.41. The Morgan fingerprint density at radius 2 is 1.41 bits per heavy atom. The molecule has 184 valence electrons. The van der Waals surface area contributed by atoms with E-state index in [1.54, 1.807) is 19.2 Å². The molecule has 0 amide bonds. The van der Waals surface area contributed by atoms with E-state index in [4.69, 9.17) is 23.2 Å². The lowest BCUT2D eigenvalue weighted by molar-refractivity contribution is 0.212. The summed E-state index contributed by atoms with van der Waals surface area (Å²) >= 11 is 12.3. The number of fused-ring (bicyclic) bond motifs is 1. The lowest BCUT2D eigenvalue weighted by atomic mass is 9.96. The molecule has 7 nitrogen and oxygen atoms in total. The molecule has 9 heteroatoms. The Kier molecular flexibility index (Phi) is 6.86. The average molecular weight is 529 g/mol. The fourth-order valence-corrected chi connectivity index (χ4v) is 5.22. The maximum atomic E-state index is 13.0. The summed E-state index contributed by atoms with van der Waals surface area (Å²) in [5.74, 6) is 0. The second kappa shape index (κ2) is 10.2. The number of anilines is 1. The van der Waals surface area contributed by atoms with Crippen LogP contribution in [0.5, 0.6) is 0 Å². The van der Waals surface area contributed by atoms with Crippen molar-refractivity contribution in [2.75, 3.05) is 31.1 Å². The summed E-state index contributed by atoms with van der Waals surface area (Å²) in [6.45, 7) is 2.51. The minimum atomic E-state index is -0.376. The van der Waals surface area contributed by atoms with E-state index < -0.39 is 0 Å². The molecule has 0 N–H and O–H groups in total. The predicted octanol–water partition coefficient (Wildman–Crippen LogP) is 4.90. The first-order valence-corrected chi connectivity index (χ1v) is 12.5. The van der Waals surface area contributed by atoms with Crippen LogP contribution in [0.1, 0.15) is 28.4 Å². The summed E-state index contributed by atoms with van der Waals surface area (Å²) in [4.78, 5) is 21.9. The number of rotatable bonds is 4. The molecule has 1 aliphatic heterocycles. The summed E-state index contributed by atoms with van der Waals surface area (Å²) < 4.78 is 1.42. The van der Waals surface area contributed by atoms with Crippen LogP contribution in [0.3, 0.4) is 0 Å². The van der Waals surface area contributed by atoms with Gasteiger partial charge in [-0.2, -0.15) is 10.5 Å². The van der Waals surface area contributed by atoms with Crippen LogP contribution in [0.25, 0.3) is 11.0 Å². The number of nitrogens with zero attached hydrogens (tertiary/aromatic N) is 6. The summed E-state index contributed by atoms with van der Waals surface area (Å²) in [5, 5.41) is 20.7. The Balaban J connectivity index is 1.52. The van der Waals surface area contributed by atoms with E-state index in [1.807, 2.05) is 53.4 Å². The number of aryl methyl sites for hydroxylation is 1. The number of nitriles is 2. The van der Waals surface area contributed by atoms with Gasteiger partial charge < -0.3 is 9.47 Å². The van der Waals surface area contributed by atoms with Crippen molar-refractivity contribution in [3.8, 4) is 12.1 Å². The maximum absolute atomic E-state index is 13.0. The van der Waals surface area contributed by atoms with Crippen LogP contribution >= 0.6 is 23.2 Å². The van der Waals surface area contributed by atoms with Crippen molar-refractivity contribution in [3.05, 3.63) is 103 Å². The SMILES string of the molecule is Cn1c(=O)c(C#N)c(N2CCN(C(c3ccc(Cl)cc3)c3ccc(Cl)cc3)CC2)c2nc(C#N)ccc21. The minimum absolute atomic E-state index is 0.0178. The lowest BCUT2D eigenvalue weighted by Crippen LogP contribution is -2.48. The van der Waals surface area contributed by atoms with E-state index in [-0.39, 0.29) is 22.9 Å². The number of piperazine rings is 1. The molecule has 1 fully saturated rings. The normalized spacial score (nSPS) is 14.1. The summed E-state index contributed by atoms with van der Waals surface area (Å²) in [6.07, 6.45) is 0. The van der Waals surface area contributed by atoms with Gasteiger partial charge >= 0.3 is 0 Å². The quantitative estimate of drug-likeness (QED) is 0.374. The topological polar surface area (TPSA) is 88.9 Å². The molecule has 0 unspecified atom stereocenters. The highest BCUT2D eigenvalue weighted by molar-refractivity contribution is 6.30. The average Bonchev–Trinajstić information content (AvgIpc) is 2.93. The molecular formula is C28H22Cl2N6O. The number of halogens is 2. The first-order valence-electron chi connectivity index (χ1n) is 11.7. The van der Waals surface area contributed by atoms with E-state index in [9.17, 15) is 15.3 Å². The molecular weight excluding hydrogens is 507 g/mol. The van der Waals surface area contributed by atoms with Crippen LogP contribution in [-0.2, 0) is 7.05 Å². The van der Waals surface area contributed by atoms with Crippen LogP contribution in [-0.4, -0.2) is 40.6 Å². The third-order valence-corrected chi connectivity index (χ3v) is 7.31. The second-order valence-electron chi connectivity index (χ2n) is 8.90. The number of hydrogen-bond acceptors (Lipinski definition) is 6. The van der Waals surface area contributed by atoms with Crippen LogP contribution in [0.4, 0.5) is 5.69 Å². The Labute approximate surface area is 224 Å². The number of aromatic nitrogens is 2. The largest absolute Gasteiger partial charge is 0.366 e. The van der Waals surface area contributed by atoms with Crippen molar-refractivity contribution >= 4 is 39.9 Å². The summed E-state index contributed by atoms with van der Waals surface area (Å²) in [7, 11) is 1.61. The molecule has 4 aromatic rings. The highest BCUT2D eigenvalue weighted by Crippen LogP contribution is 2.33. The zero-order chi connectivity index (χ0) is 26.1. The highest BCUT2D eigenvalue weighted by atomic mass is 35.5. The Bertz CT molecular complexity index is 1560. The Hall–Kier alpha value is -3.88. The van der Waals surface area contributed by atoms with Crippen LogP contribution in [0.2, 0.25) is 10.0 Å². The van der Waals surface area contributed by atoms with Gasteiger partial charge in [-0.05, 0) is 47.5 Å². The monoisotopic (exact) mass is 528 g/mol. The van der Waals surface area contributed by atoms with Crippen molar-refractivity contribution < 1.29 is 0 Å². The van der Waals surface area contributed by atoms with E-state index in [0.717, 1.165) is 11.1 Å². The molecule has 0 bridgehead atoms. The third-order valence-electron chi connectivity index (χ3n) is 6.81. The first-order chi connectivity index (χ1) is 17.9. The molecule has 5 rings (SSSR count). The van der Waals surface area contributed by atoms with Gasteiger partial charge in [0.15, 0.2) is 0 Å².